The van der Waals surface area contributed by atoms with E-state index in [0.717, 1.165) is 0 Å². The van der Waals surface area contributed by atoms with Gasteiger partial charge in [-0.25, -0.2) is 0 Å². The molecule has 8 nitrogen and oxygen atoms in total. The van der Waals surface area contributed by atoms with Crippen LogP contribution in [-0.4, -0.2) is 119 Å². The molecule has 0 aliphatic heterocycles. The molecule has 0 amide bonds. The van der Waals surface area contributed by atoms with E-state index in [1.165, 1.54) is 0 Å². The zero-order valence-corrected chi connectivity index (χ0v) is 8.44. The van der Waals surface area contributed by atoms with Crippen molar-refractivity contribution in [3.63, 3.8) is 0 Å². The van der Waals surface area contributed by atoms with Crippen LogP contribution in [0.2, 0.25) is 0 Å². The number of aliphatic hydroxyl groups is 2. The number of hydrogen-bond acceptors (Lipinski definition) is 6. The van der Waals surface area contributed by atoms with Gasteiger partial charge in [-0.1, -0.05) is 0 Å². The predicted octanol–water partition coefficient (Wildman–Crippen LogP) is -3.81. The SMILES string of the molecule is O=S(=O)(O)CC(C(O)CO)S(=O)(=O)O.[NaH].[NaH]. The van der Waals surface area contributed by atoms with Crippen LogP contribution >= 0.6 is 0 Å². The van der Waals surface area contributed by atoms with Gasteiger partial charge in [-0.2, -0.15) is 16.8 Å². The first kappa shape index (κ1) is 22.9. The molecule has 0 saturated carbocycles. The Morgan fingerprint density at radius 3 is 1.56 bits per heavy atom. The third kappa shape index (κ3) is 9.74. The molecule has 0 spiro atoms. The van der Waals surface area contributed by atoms with Gasteiger partial charge in [-0.05, 0) is 0 Å². The van der Waals surface area contributed by atoms with Crippen molar-refractivity contribution in [3.05, 3.63) is 0 Å². The summed E-state index contributed by atoms with van der Waals surface area (Å²) in [7, 11) is -9.53. The fourth-order valence-corrected chi connectivity index (χ4v) is 3.04. The summed E-state index contributed by atoms with van der Waals surface area (Å²) in [5.74, 6) is -1.38. The van der Waals surface area contributed by atoms with Gasteiger partial charge in [0.25, 0.3) is 20.2 Å². The van der Waals surface area contributed by atoms with E-state index >= 15 is 0 Å². The van der Waals surface area contributed by atoms with Crippen LogP contribution in [0, 0.1) is 0 Å². The van der Waals surface area contributed by atoms with Crippen LogP contribution in [0.4, 0.5) is 0 Å². The molecule has 2 atom stereocenters. The molecule has 0 radical (unpaired) electrons. The van der Waals surface area contributed by atoms with Crippen LogP contribution in [-0.2, 0) is 20.2 Å². The molecular weight excluding hydrogens is 286 g/mol. The van der Waals surface area contributed by atoms with E-state index in [1.54, 1.807) is 0 Å². The summed E-state index contributed by atoms with van der Waals surface area (Å²) in [5, 5.41) is 15.1. The number of hydrogen-bond donors (Lipinski definition) is 4. The summed E-state index contributed by atoms with van der Waals surface area (Å²) in [5.41, 5.74) is 0. The Labute approximate surface area is 138 Å². The van der Waals surface area contributed by atoms with Crippen molar-refractivity contribution in [2.75, 3.05) is 12.4 Å². The summed E-state index contributed by atoms with van der Waals surface area (Å²) in [6.45, 7) is -1.06. The van der Waals surface area contributed by atoms with Gasteiger partial charge in [-0.15, -0.1) is 0 Å². The van der Waals surface area contributed by atoms with E-state index in [1.807, 2.05) is 0 Å². The summed E-state index contributed by atoms with van der Waals surface area (Å²) in [4.78, 5) is 0. The Morgan fingerprint density at radius 2 is 1.38 bits per heavy atom. The van der Waals surface area contributed by atoms with Gasteiger partial charge < -0.3 is 10.2 Å². The number of rotatable bonds is 5. The van der Waals surface area contributed by atoms with E-state index in [0.29, 0.717) is 0 Å². The molecule has 0 fully saturated rings. The molecular formula is C4H12Na2O8S2. The molecule has 2 unspecified atom stereocenters. The fourth-order valence-electron chi connectivity index (χ4n) is 0.721. The van der Waals surface area contributed by atoms with Gasteiger partial charge in [0, 0.05) is 0 Å². The summed E-state index contributed by atoms with van der Waals surface area (Å²) >= 11 is 0. The first-order chi connectivity index (χ1) is 6.08. The molecule has 0 saturated heterocycles. The van der Waals surface area contributed by atoms with Crippen LogP contribution < -0.4 is 0 Å². The molecule has 90 valence electrons. The average Bonchev–Trinajstić information content (AvgIpc) is 1.95. The van der Waals surface area contributed by atoms with E-state index in [-0.39, 0.29) is 59.1 Å². The van der Waals surface area contributed by atoms with Crippen molar-refractivity contribution in [2.45, 2.75) is 11.4 Å². The van der Waals surface area contributed by atoms with E-state index in [9.17, 15) is 16.8 Å². The Kier molecular flexibility index (Phi) is 12.5. The van der Waals surface area contributed by atoms with E-state index in [4.69, 9.17) is 19.3 Å². The van der Waals surface area contributed by atoms with E-state index in [2.05, 4.69) is 0 Å². The zero-order chi connectivity index (χ0) is 11.6. The monoisotopic (exact) mass is 298 g/mol. The predicted molar refractivity (Wildman–Crippen MR) is 59.1 cm³/mol. The minimum absolute atomic E-state index is 0. The molecule has 0 heterocycles. The van der Waals surface area contributed by atoms with Gasteiger partial charge in [-0.3, -0.25) is 9.11 Å². The van der Waals surface area contributed by atoms with Gasteiger partial charge in [0.1, 0.15) is 5.25 Å². The van der Waals surface area contributed by atoms with Crippen molar-refractivity contribution >= 4 is 79.4 Å². The second kappa shape index (κ2) is 8.77. The molecule has 0 bridgehead atoms. The third-order valence-electron chi connectivity index (χ3n) is 1.37. The van der Waals surface area contributed by atoms with Crippen LogP contribution in [0.25, 0.3) is 0 Å². The van der Waals surface area contributed by atoms with Crippen molar-refractivity contribution in [1.29, 1.82) is 0 Å². The first-order valence-corrected chi connectivity index (χ1v) is 6.39. The maximum atomic E-state index is 10.5. The molecule has 0 rings (SSSR count). The Morgan fingerprint density at radius 1 is 1.00 bits per heavy atom. The van der Waals surface area contributed by atoms with Crippen LogP contribution in [0.15, 0.2) is 0 Å². The fraction of sp³-hybridized carbons (Fsp3) is 1.00. The standard InChI is InChI=1S/C4H10O8S2.2Na.2H/c5-1-3(6)4(14(10,11)12)2-13(7,8)9;;;;/h3-6H,1-2H2,(H,7,8,9)(H,10,11,12);;;;. The Bertz CT molecular complexity index is 375. The molecule has 4 N–H and O–H groups in total. The van der Waals surface area contributed by atoms with Gasteiger partial charge in [0.05, 0.1) is 18.5 Å². The molecule has 0 aromatic rings. The molecule has 0 aromatic heterocycles. The first-order valence-electron chi connectivity index (χ1n) is 3.28. The third-order valence-corrected chi connectivity index (χ3v) is 3.61. The average molecular weight is 298 g/mol. The van der Waals surface area contributed by atoms with Crippen molar-refractivity contribution < 1.29 is 36.2 Å². The van der Waals surface area contributed by atoms with Crippen LogP contribution in [0.1, 0.15) is 0 Å². The second-order valence-corrected chi connectivity index (χ2v) is 5.68. The maximum absolute atomic E-state index is 10.5. The van der Waals surface area contributed by atoms with Crippen molar-refractivity contribution in [3.8, 4) is 0 Å². The van der Waals surface area contributed by atoms with Gasteiger partial charge in [0.15, 0.2) is 0 Å². The van der Waals surface area contributed by atoms with Crippen LogP contribution in [0.5, 0.6) is 0 Å². The summed E-state index contributed by atoms with van der Waals surface area (Å²) in [6.07, 6.45) is -1.98. The molecule has 0 aliphatic carbocycles. The second-order valence-electron chi connectivity index (χ2n) is 2.55. The normalized spacial score (nSPS) is 15.5. The van der Waals surface area contributed by atoms with Crippen molar-refractivity contribution in [1.82, 2.24) is 0 Å². The molecule has 16 heavy (non-hydrogen) atoms. The van der Waals surface area contributed by atoms with Gasteiger partial charge >= 0.3 is 59.1 Å². The topological polar surface area (TPSA) is 149 Å². The van der Waals surface area contributed by atoms with Gasteiger partial charge in [0.2, 0.25) is 0 Å². The molecule has 0 aliphatic rings. The van der Waals surface area contributed by atoms with E-state index < -0.39 is 43.9 Å². The minimum atomic E-state index is -4.86. The Balaban J connectivity index is -0.000000845. The number of aliphatic hydroxyl groups excluding tert-OH is 2. The molecule has 12 heteroatoms. The summed E-state index contributed by atoms with van der Waals surface area (Å²) < 4.78 is 58.4. The summed E-state index contributed by atoms with van der Waals surface area (Å²) in [6, 6.07) is 0. The molecule has 0 aromatic carbocycles. The van der Waals surface area contributed by atoms with Crippen LogP contribution in [0.3, 0.4) is 0 Å². The Hall–Kier alpha value is 1.74. The quantitative estimate of drug-likeness (QED) is 0.298. The zero-order valence-electron chi connectivity index (χ0n) is 6.81. The van der Waals surface area contributed by atoms with Crippen molar-refractivity contribution in [2.24, 2.45) is 0 Å².